The first-order chi connectivity index (χ1) is 13.2. The number of anilines is 2. The SMILES string of the molecule is CCCSCCCNC(=O)C1CCN(c2nnc(N3CCCC3=O)s2)CC1. The average Bonchev–Trinajstić information content (AvgIpc) is 3.33. The van der Waals surface area contributed by atoms with Crippen LogP contribution in [0.25, 0.3) is 0 Å². The van der Waals surface area contributed by atoms with Crippen LogP contribution in [0.4, 0.5) is 10.3 Å². The number of nitrogens with zero attached hydrogens (tertiary/aromatic N) is 4. The van der Waals surface area contributed by atoms with Gasteiger partial charge in [-0.3, -0.25) is 14.5 Å². The minimum atomic E-state index is 0.0945. The van der Waals surface area contributed by atoms with Crippen LogP contribution in [-0.4, -0.2) is 59.7 Å². The lowest BCUT2D eigenvalue weighted by atomic mass is 9.96. The van der Waals surface area contributed by atoms with Gasteiger partial charge in [0.25, 0.3) is 0 Å². The Morgan fingerprint density at radius 3 is 2.70 bits per heavy atom. The predicted molar refractivity (Wildman–Crippen MR) is 112 cm³/mol. The van der Waals surface area contributed by atoms with Crippen molar-refractivity contribution in [3.63, 3.8) is 0 Å². The molecule has 0 saturated carbocycles. The summed E-state index contributed by atoms with van der Waals surface area (Å²) in [6.45, 7) is 5.34. The van der Waals surface area contributed by atoms with Gasteiger partial charge in [-0.1, -0.05) is 18.3 Å². The molecule has 3 rings (SSSR count). The number of nitrogens with one attached hydrogen (secondary N) is 1. The lowest BCUT2D eigenvalue weighted by Gasteiger charge is -2.30. The van der Waals surface area contributed by atoms with Crippen LogP contribution < -0.4 is 15.1 Å². The van der Waals surface area contributed by atoms with Gasteiger partial charge in [0, 0.05) is 38.5 Å². The lowest BCUT2D eigenvalue weighted by molar-refractivity contribution is -0.125. The van der Waals surface area contributed by atoms with E-state index in [2.05, 4.69) is 27.3 Å². The van der Waals surface area contributed by atoms with Crippen molar-refractivity contribution in [2.24, 2.45) is 5.92 Å². The Kier molecular flexibility index (Phi) is 7.75. The van der Waals surface area contributed by atoms with E-state index in [-0.39, 0.29) is 17.7 Å². The molecule has 2 saturated heterocycles. The Hall–Kier alpha value is -1.35. The Balaban J connectivity index is 1.39. The number of thioether (sulfide) groups is 1. The van der Waals surface area contributed by atoms with E-state index in [9.17, 15) is 9.59 Å². The van der Waals surface area contributed by atoms with Crippen LogP contribution in [0.3, 0.4) is 0 Å². The third-order valence-corrected chi connectivity index (χ3v) is 7.24. The summed E-state index contributed by atoms with van der Waals surface area (Å²) in [5.41, 5.74) is 0. The van der Waals surface area contributed by atoms with Gasteiger partial charge >= 0.3 is 0 Å². The van der Waals surface area contributed by atoms with Gasteiger partial charge in [0.2, 0.25) is 22.1 Å². The highest BCUT2D eigenvalue weighted by Crippen LogP contribution is 2.32. The molecular weight excluding hydrogens is 382 g/mol. The summed E-state index contributed by atoms with van der Waals surface area (Å²) in [4.78, 5) is 28.1. The third kappa shape index (κ3) is 5.57. The van der Waals surface area contributed by atoms with Crippen molar-refractivity contribution in [1.29, 1.82) is 0 Å². The fourth-order valence-electron chi connectivity index (χ4n) is 3.40. The normalized spacial score (nSPS) is 18.3. The number of rotatable bonds is 9. The molecule has 0 atom stereocenters. The molecule has 2 amide bonds. The number of carbonyl (C=O) groups excluding carboxylic acids is 2. The van der Waals surface area contributed by atoms with E-state index < -0.39 is 0 Å². The second-order valence-electron chi connectivity index (χ2n) is 7.03. The van der Waals surface area contributed by atoms with Crippen LogP contribution in [0.5, 0.6) is 0 Å². The van der Waals surface area contributed by atoms with Crippen molar-refractivity contribution in [3.8, 4) is 0 Å². The van der Waals surface area contributed by atoms with Gasteiger partial charge in [0.05, 0.1) is 0 Å². The summed E-state index contributed by atoms with van der Waals surface area (Å²) >= 11 is 3.43. The summed E-state index contributed by atoms with van der Waals surface area (Å²) in [6, 6.07) is 0. The van der Waals surface area contributed by atoms with Gasteiger partial charge in [0.15, 0.2) is 0 Å². The predicted octanol–water partition coefficient (Wildman–Crippen LogP) is 2.53. The molecule has 0 aliphatic carbocycles. The molecule has 1 aromatic rings. The molecule has 7 nitrogen and oxygen atoms in total. The zero-order chi connectivity index (χ0) is 19.1. The highest BCUT2D eigenvalue weighted by Gasteiger charge is 2.29. The molecule has 0 radical (unpaired) electrons. The average molecular weight is 412 g/mol. The molecule has 2 aliphatic rings. The zero-order valence-electron chi connectivity index (χ0n) is 16.0. The Morgan fingerprint density at radius 2 is 2.00 bits per heavy atom. The summed E-state index contributed by atoms with van der Waals surface area (Å²) in [6.07, 6.45) is 5.43. The van der Waals surface area contributed by atoms with Crippen LogP contribution in [-0.2, 0) is 9.59 Å². The van der Waals surface area contributed by atoms with Crippen LogP contribution >= 0.6 is 23.1 Å². The fraction of sp³-hybridized carbons (Fsp3) is 0.778. The highest BCUT2D eigenvalue weighted by molar-refractivity contribution is 7.99. The van der Waals surface area contributed by atoms with Gasteiger partial charge in [-0.25, -0.2) is 0 Å². The molecule has 9 heteroatoms. The van der Waals surface area contributed by atoms with Crippen molar-refractivity contribution in [2.75, 3.05) is 47.5 Å². The molecule has 2 aliphatic heterocycles. The van der Waals surface area contributed by atoms with E-state index in [0.29, 0.717) is 11.6 Å². The highest BCUT2D eigenvalue weighted by atomic mass is 32.2. The maximum atomic E-state index is 12.3. The second kappa shape index (κ2) is 10.3. The Morgan fingerprint density at radius 1 is 1.22 bits per heavy atom. The van der Waals surface area contributed by atoms with E-state index in [0.717, 1.165) is 62.7 Å². The molecule has 150 valence electrons. The Bertz CT molecular complexity index is 631. The van der Waals surface area contributed by atoms with E-state index >= 15 is 0 Å². The van der Waals surface area contributed by atoms with Crippen LogP contribution in [0, 0.1) is 5.92 Å². The van der Waals surface area contributed by atoms with E-state index in [4.69, 9.17) is 0 Å². The number of hydrogen-bond acceptors (Lipinski definition) is 7. The Labute approximate surface area is 169 Å². The minimum absolute atomic E-state index is 0.0945. The number of carbonyl (C=O) groups is 2. The monoisotopic (exact) mass is 411 g/mol. The molecule has 0 unspecified atom stereocenters. The first-order valence-electron chi connectivity index (χ1n) is 9.93. The van der Waals surface area contributed by atoms with Crippen LogP contribution in [0.15, 0.2) is 0 Å². The molecule has 0 spiro atoms. The van der Waals surface area contributed by atoms with Crippen molar-refractivity contribution in [1.82, 2.24) is 15.5 Å². The van der Waals surface area contributed by atoms with Crippen LogP contribution in [0.2, 0.25) is 0 Å². The van der Waals surface area contributed by atoms with Crippen molar-refractivity contribution >= 4 is 45.2 Å². The van der Waals surface area contributed by atoms with Gasteiger partial charge in [-0.15, -0.1) is 10.2 Å². The van der Waals surface area contributed by atoms with Crippen molar-refractivity contribution in [2.45, 2.75) is 45.4 Å². The summed E-state index contributed by atoms with van der Waals surface area (Å²) in [5.74, 6) is 2.74. The van der Waals surface area contributed by atoms with Crippen LogP contribution in [0.1, 0.15) is 45.4 Å². The molecule has 1 N–H and O–H groups in total. The third-order valence-electron chi connectivity index (χ3n) is 4.96. The molecule has 0 aromatic carbocycles. The maximum Gasteiger partial charge on any atom is 0.228 e. The maximum absolute atomic E-state index is 12.3. The largest absolute Gasteiger partial charge is 0.356 e. The fourth-order valence-corrected chi connectivity index (χ4v) is 5.19. The standard InChI is InChI=1S/C18H29N5O2S2/c1-2-12-26-13-4-8-19-16(25)14-6-10-22(11-7-14)17-20-21-18(27-17)23-9-3-5-15(23)24/h14H,2-13H2,1H3,(H,19,25). The summed E-state index contributed by atoms with van der Waals surface area (Å²) in [7, 11) is 0. The molecule has 2 fully saturated rings. The van der Waals surface area contributed by atoms with E-state index in [1.54, 1.807) is 4.90 Å². The van der Waals surface area contributed by atoms with E-state index in [1.165, 1.54) is 23.5 Å². The quantitative estimate of drug-likeness (QED) is 0.629. The molecule has 1 aromatic heterocycles. The molecule has 0 bridgehead atoms. The molecule has 3 heterocycles. The summed E-state index contributed by atoms with van der Waals surface area (Å²) < 4.78 is 0. The molecular formula is C18H29N5O2S2. The first kappa shape index (κ1) is 20.4. The summed E-state index contributed by atoms with van der Waals surface area (Å²) in [5, 5.41) is 13.1. The van der Waals surface area contributed by atoms with Gasteiger partial charge in [-0.05, 0) is 43.6 Å². The molecule has 27 heavy (non-hydrogen) atoms. The number of hydrogen-bond donors (Lipinski definition) is 1. The number of amides is 2. The van der Waals surface area contributed by atoms with Crippen molar-refractivity contribution in [3.05, 3.63) is 0 Å². The topological polar surface area (TPSA) is 78.4 Å². The van der Waals surface area contributed by atoms with E-state index in [1.807, 2.05) is 11.8 Å². The second-order valence-corrected chi connectivity index (χ2v) is 9.19. The van der Waals surface area contributed by atoms with Crippen molar-refractivity contribution < 1.29 is 9.59 Å². The number of aromatic nitrogens is 2. The van der Waals surface area contributed by atoms with Gasteiger partial charge in [0.1, 0.15) is 0 Å². The number of piperidine rings is 1. The minimum Gasteiger partial charge on any atom is -0.356 e. The van der Waals surface area contributed by atoms with Gasteiger partial charge < -0.3 is 10.2 Å². The first-order valence-corrected chi connectivity index (χ1v) is 11.9. The smallest absolute Gasteiger partial charge is 0.228 e. The zero-order valence-corrected chi connectivity index (χ0v) is 17.6. The lowest BCUT2D eigenvalue weighted by Crippen LogP contribution is -2.40. The van der Waals surface area contributed by atoms with Gasteiger partial charge in [-0.2, -0.15) is 11.8 Å².